The van der Waals surface area contributed by atoms with Crippen molar-refractivity contribution in [3.05, 3.63) is 43.7 Å². The summed E-state index contributed by atoms with van der Waals surface area (Å²) in [6.45, 7) is 8.59. The van der Waals surface area contributed by atoms with Crippen molar-refractivity contribution in [2.45, 2.75) is 27.7 Å². The van der Waals surface area contributed by atoms with E-state index in [4.69, 9.17) is 11.7 Å². The number of thiophene rings is 2. The van der Waals surface area contributed by atoms with Crippen LogP contribution >= 0.6 is 22.7 Å². The third-order valence-electron chi connectivity index (χ3n) is 5.41. The summed E-state index contributed by atoms with van der Waals surface area (Å²) in [4.78, 5) is 2.53. The van der Waals surface area contributed by atoms with Crippen LogP contribution < -0.4 is 22.4 Å². The Morgan fingerprint density at radius 2 is 1.04 bits per heavy atom. The van der Waals surface area contributed by atoms with Gasteiger partial charge in [0.15, 0.2) is 0 Å². The largest absolute Gasteiger partial charge is 0.323 e. The molecule has 0 radical (unpaired) electrons. The fourth-order valence-corrected chi connectivity index (χ4v) is 6.69. The molecule has 0 aliphatic heterocycles. The predicted octanol–water partition coefficient (Wildman–Crippen LogP) is 4.08. The smallest absolute Gasteiger partial charge is 0.0995 e. The van der Waals surface area contributed by atoms with E-state index < -0.39 is 0 Å². The first-order valence-corrected chi connectivity index (χ1v) is 10.1. The Morgan fingerprint density at radius 1 is 0.654 bits per heavy atom. The molecule has 2 heterocycles. The third-order valence-corrected chi connectivity index (χ3v) is 7.54. The number of nitrogens with two attached hydrogens (primary N) is 2. The van der Waals surface area contributed by atoms with Gasteiger partial charge in [-0.2, -0.15) is 10.2 Å². The van der Waals surface area contributed by atoms with Crippen LogP contribution in [0.15, 0.2) is 22.3 Å². The molecule has 6 heteroatoms. The van der Waals surface area contributed by atoms with Gasteiger partial charge in [-0.15, -0.1) is 22.7 Å². The van der Waals surface area contributed by atoms with Crippen LogP contribution in [-0.2, 0) is 0 Å². The van der Waals surface area contributed by atoms with Crippen molar-refractivity contribution in [1.82, 2.24) is 0 Å². The van der Waals surface area contributed by atoms with Crippen molar-refractivity contribution < 1.29 is 0 Å². The van der Waals surface area contributed by atoms with E-state index in [0.29, 0.717) is 0 Å². The predicted molar refractivity (Wildman–Crippen MR) is 113 cm³/mol. The molecule has 0 amide bonds. The molecule has 0 aliphatic carbocycles. The molecule has 0 unspecified atom stereocenters. The zero-order valence-corrected chi connectivity index (χ0v) is 16.7. The molecular formula is C20H18N4S2. The molecule has 26 heavy (non-hydrogen) atoms. The highest BCUT2D eigenvalue weighted by molar-refractivity contribution is 7.20. The average molecular weight is 379 g/mol. The van der Waals surface area contributed by atoms with Crippen LogP contribution in [0.5, 0.6) is 0 Å². The molecular weight excluding hydrogens is 360 g/mol. The topological polar surface area (TPSA) is 76.8 Å². The van der Waals surface area contributed by atoms with Crippen molar-refractivity contribution in [2.75, 3.05) is 0 Å². The summed E-state index contributed by atoms with van der Waals surface area (Å²) in [5.74, 6) is 11.7. The van der Waals surface area contributed by atoms with Gasteiger partial charge in [0.2, 0.25) is 0 Å². The highest BCUT2D eigenvalue weighted by atomic mass is 32.1. The Labute approximate surface area is 157 Å². The van der Waals surface area contributed by atoms with Gasteiger partial charge in [0.05, 0.1) is 10.7 Å². The molecule has 0 aliphatic rings. The molecule has 0 saturated heterocycles. The SMILES string of the molecule is Cc1cc2/c(=N\N)c3c(C)c4c(c(C)c3c2s1)/c(=N/N)c1cc(C)sc14. The fraction of sp³-hybridized carbons (Fsp3) is 0.200. The zero-order chi connectivity index (χ0) is 18.3. The van der Waals surface area contributed by atoms with Crippen LogP contribution in [0.25, 0.3) is 41.7 Å². The molecule has 0 fully saturated rings. The first-order chi connectivity index (χ1) is 12.5. The van der Waals surface area contributed by atoms with E-state index in [-0.39, 0.29) is 0 Å². The van der Waals surface area contributed by atoms with E-state index in [2.05, 4.69) is 50.0 Å². The maximum Gasteiger partial charge on any atom is 0.0995 e. The van der Waals surface area contributed by atoms with Gasteiger partial charge in [-0.05, 0) is 51.0 Å². The second-order valence-electron chi connectivity index (χ2n) is 6.91. The highest BCUT2D eigenvalue weighted by Gasteiger charge is 2.23. The minimum atomic E-state index is 0.899. The number of fused-ring (bicyclic) bond motifs is 6. The second-order valence-corrected chi connectivity index (χ2v) is 9.42. The number of hydrogen-bond acceptors (Lipinski definition) is 6. The minimum Gasteiger partial charge on any atom is -0.323 e. The number of rotatable bonds is 0. The van der Waals surface area contributed by atoms with E-state index in [0.717, 1.165) is 21.5 Å². The van der Waals surface area contributed by atoms with Crippen LogP contribution in [0.4, 0.5) is 0 Å². The lowest BCUT2D eigenvalue weighted by molar-refractivity contribution is 1.17. The summed E-state index contributed by atoms with van der Waals surface area (Å²) < 4.78 is 2.51. The normalized spacial score (nSPS) is 14.2. The molecule has 5 aromatic rings. The molecule has 3 aromatic carbocycles. The minimum absolute atomic E-state index is 0.899. The van der Waals surface area contributed by atoms with E-state index in [1.807, 2.05) is 0 Å². The number of hydrogen-bond donors (Lipinski definition) is 2. The van der Waals surface area contributed by atoms with Crippen LogP contribution in [0.2, 0.25) is 0 Å². The van der Waals surface area contributed by atoms with Gasteiger partial charge in [-0.3, -0.25) is 0 Å². The van der Waals surface area contributed by atoms with Gasteiger partial charge >= 0.3 is 0 Å². The van der Waals surface area contributed by atoms with Crippen LogP contribution in [0.1, 0.15) is 20.9 Å². The Hall–Kier alpha value is -2.44. The molecule has 4 N–H and O–H groups in total. The quantitative estimate of drug-likeness (QED) is 0.315. The highest BCUT2D eigenvalue weighted by Crippen LogP contribution is 2.42. The third kappa shape index (κ3) is 1.68. The summed E-state index contributed by atoms with van der Waals surface area (Å²) in [7, 11) is 0. The van der Waals surface area contributed by atoms with Gasteiger partial charge in [0.1, 0.15) is 0 Å². The lowest BCUT2D eigenvalue weighted by Gasteiger charge is -2.06. The van der Waals surface area contributed by atoms with E-state index in [1.165, 1.54) is 51.8 Å². The van der Waals surface area contributed by atoms with E-state index >= 15 is 0 Å². The summed E-state index contributed by atoms with van der Waals surface area (Å²) in [6, 6.07) is 4.38. The number of nitrogens with zero attached hydrogens (tertiary/aromatic N) is 2. The maximum absolute atomic E-state index is 5.84. The summed E-state index contributed by atoms with van der Waals surface area (Å²) >= 11 is 3.60. The average Bonchev–Trinajstić information content (AvgIpc) is 3.29. The van der Waals surface area contributed by atoms with Crippen molar-refractivity contribution in [2.24, 2.45) is 21.9 Å². The molecule has 0 spiro atoms. The van der Waals surface area contributed by atoms with E-state index in [9.17, 15) is 0 Å². The van der Waals surface area contributed by atoms with Crippen molar-refractivity contribution in [3.63, 3.8) is 0 Å². The molecule has 130 valence electrons. The summed E-state index contributed by atoms with van der Waals surface area (Å²) in [5.41, 5.74) is 2.43. The molecule has 0 bridgehead atoms. The van der Waals surface area contributed by atoms with Crippen molar-refractivity contribution >= 4 is 64.4 Å². The Balaban J connectivity index is 2.24. The Bertz CT molecular complexity index is 1370. The Morgan fingerprint density at radius 3 is 1.38 bits per heavy atom. The lowest BCUT2D eigenvalue weighted by Crippen LogP contribution is -2.07. The lowest BCUT2D eigenvalue weighted by atomic mass is 9.98. The standard InChI is InChI=1S/C20H18N4S2/c1-7-5-11-17(23-21)13-10(4)16-14(9(3)15(13)19(11)25-7)18(24-22)12-6-8(2)26-20(12)16/h5-6H,21-22H2,1-4H3/b23-17+,24-18+. The second kappa shape index (κ2) is 5.05. The van der Waals surface area contributed by atoms with Gasteiger partial charge in [-0.1, -0.05) is 0 Å². The number of benzene rings is 1. The number of aryl methyl sites for hydroxylation is 4. The summed E-state index contributed by atoms with van der Waals surface area (Å²) in [5, 5.41) is 17.3. The zero-order valence-electron chi connectivity index (χ0n) is 15.0. The van der Waals surface area contributed by atoms with E-state index in [1.54, 1.807) is 22.7 Å². The molecule has 0 saturated carbocycles. The van der Waals surface area contributed by atoms with Crippen molar-refractivity contribution in [3.8, 4) is 0 Å². The fourth-order valence-electron chi connectivity index (χ4n) is 4.45. The van der Waals surface area contributed by atoms with Gasteiger partial charge in [0.25, 0.3) is 0 Å². The molecule has 4 nitrogen and oxygen atoms in total. The van der Waals surface area contributed by atoms with Gasteiger partial charge in [0, 0.05) is 51.5 Å². The Kier molecular flexibility index (Phi) is 3.07. The first kappa shape index (κ1) is 15.8. The van der Waals surface area contributed by atoms with Crippen LogP contribution in [0, 0.1) is 27.7 Å². The summed E-state index contributed by atoms with van der Waals surface area (Å²) in [6.07, 6.45) is 0. The van der Waals surface area contributed by atoms with Crippen molar-refractivity contribution in [1.29, 1.82) is 0 Å². The maximum atomic E-state index is 5.84. The molecule has 2 aromatic heterocycles. The van der Waals surface area contributed by atoms with Gasteiger partial charge < -0.3 is 11.7 Å². The van der Waals surface area contributed by atoms with Crippen LogP contribution in [-0.4, -0.2) is 0 Å². The van der Waals surface area contributed by atoms with Gasteiger partial charge in [-0.25, -0.2) is 0 Å². The monoisotopic (exact) mass is 378 g/mol. The first-order valence-electron chi connectivity index (χ1n) is 8.43. The molecule has 0 atom stereocenters. The van der Waals surface area contributed by atoms with Crippen LogP contribution in [0.3, 0.4) is 0 Å². The molecule has 5 rings (SSSR count).